The second-order valence-electron chi connectivity index (χ2n) is 2.73. The SMILES string of the molecule is CC(=O)NCCC=Cc1ccoc1. The minimum absolute atomic E-state index is 0.0108. The van der Waals surface area contributed by atoms with Gasteiger partial charge in [0.05, 0.1) is 12.5 Å². The van der Waals surface area contributed by atoms with Crippen molar-refractivity contribution in [1.29, 1.82) is 0 Å². The Labute approximate surface area is 77.4 Å². The summed E-state index contributed by atoms with van der Waals surface area (Å²) in [7, 11) is 0. The van der Waals surface area contributed by atoms with Crippen LogP contribution in [0.4, 0.5) is 0 Å². The molecule has 0 unspecified atom stereocenters. The molecule has 0 aromatic carbocycles. The van der Waals surface area contributed by atoms with Crippen LogP contribution in [0.2, 0.25) is 0 Å². The monoisotopic (exact) mass is 179 g/mol. The lowest BCUT2D eigenvalue weighted by atomic mass is 10.3. The van der Waals surface area contributed by atoms with Crippen LogP contribution >= 0.6 is 0 Å². The van der Waals surface area contributed by atoms with Crippen LogP contribution in [-0.4, -0.2) is 12.5 Å². The number of nitrogens with one attached hydrogen (secondary N) is 1. The molecule has 0 spiro atoms. The van der Waals surface area contributed by atoms with Crippen molar-refractivity contribution in [3.8, 4) is 0 Å². The molecule has 3 nitrogen and oxygen atoms in total. The minimum Gasteiger partial charge on any atom is -0.472 e. The average molecular weight is 179 g/mol. The normalized spacial score (nSPS) is 10.5. The number of furan rings is 1. The molecule has 0 bridgehead atoms. The second kappa shape index (κ2) is 5.19. The van der Waals surface area contributed by atoms with Gasteiger partial charge in [0.1, 0.15) is 0 Å². The minimum atomic E-state index is 0.0108. The number of amides is 1. The first kappa shape index (κ1) is 9.58. The van der Waals surface area contributed by atoms with Gasteiger partial charge in [-0.3, -0.25) is 4.79 Å². The summed E-state index contributed by atoms with van der Waals surface area (Å²) in [4.78, 5) is 10.5. The molecule has 0 saturated carbocycles. The first-order chi connectivity index (χ1) is 6.29. The largest absolute Gasteiger partial charge is 0.472 e. The molecular weight excluding hydrogens is 166 g/mol. The Bertz CT molecular complexity index is 275. The predicted octanol–water partition coefficient (Wildman–Crippen LogP) is 1.82. The van der Waals surface area contributed by atoms with Crippen LogP contribution in [0.15, 0.2) is 29.1 Å². The highest BCUT2D eigenvalue weighted by molar-refractivity contribution is 5.72. The zero-order valence-electron chi connectivity index (χ0n) is 7.62. The van der Waals surface area contributed by atoms with E-state index < -0.39 is 0 Å². The van der Waals surface area contributed by atoms with Crippen LogP contribution in [0.1, 0.15) is 18.9 Å². The van der Waals surface area contributed by atoms with Crippen LogP contribution in [-0.2, 0) is 4.79 Å². The molecule has 0 fully saturated rings. The predicted molar refractivity (Wildman–Crippen MR) is 51.0 cm³/mol. The Morgan fingerprint density at radius 2 is 2.54 bits per heavy atom. The molecule has 1 aromatic rings. The van der Waals surface area contributed by atoms with E-state index in [1.165, 1.54) is 6.92 Å². The second-order valence-corrected chi connectivity index (χ2v) is 2.73. The molecule has 1 amide bonds. The Morgan fingerprint density at radius 3 is 3.15 bits per heavy atom. The fourth-order valence-corrected chi connectivity index (χ4v) is 0.921. The summed E-state index contributed by atoms with van der Waals surface area (Å²) >= 11 is 0. The standard InChI is InChI=1S/C10H13NO2/c1-9(12)11-6-3-2-4-10-5-7-13-8-10/h2,4-5,7-8H,3,6H2,1H3,(H,11,12). The Morgan fingerprint density at radius 1 is 1.69 bits per heavy atom. The van der Waals surface area contributed by atoms with Gasteiger partial charge >= 0.3 is 0 Å². The number of hydrogen-bond acceptors (Lipinski definition) is 2. The lowest BCUT2D eigenvalue weighted by molar-refractivity contribution is -0.118. The highest BCUT2D eigenvalue weighted by Gasteiger charge is 1.88. The van der Waals surface area contributed by atoms with Gasteiger partial charge in [-0.05, 0) is 12.5 Å². The van der Waals surface area contributed by atoms with Crippen LogP contribution in [0.3, 0.4) is 0 Å². The maximum absolute atomic E-state index is 10.5. The highest BCUT2D eigenvalue weighted by Crippen LogP contribution is 2.02. The molecule has 1 heterocycles. The molecule has 0 aliphatic rings. The van der Waals surface area contributed by atoms with Crippen molar-refractivity contribution < 1.29 is 9.21 Å². The van der Waals surface area contributed by atoms with Gasteiger partial charge in [-0.2, -0.15) is 0 Å². The Hall–Kier alpha value is -1.51. The van der Waals surface area contributed by atoms with E-state index in [1.54, 1.807) is 12.5 Å². The maximum Gasteiger partial charge on any atom is 0.216 e. The van der Waals surface area contributed by atoms with Gasteiger partial charge in [-0.25, -0.2) is 0 Å². The molecule has 70 valence electrons. The van der Waals surface area contributed by atoms with E-state index >= 15 is 0 Å². The number of rotatable bonds is 4. The first-order valence-electron chi connectivity index (χ1n) is 4.22. The molecule has 13 heavy (non-hydrogen) atoms. The lowest BCUT2D eigenvalue weighted by Crippen LogP contribution is -2.20. The van der Waals surface area contributed by atoms with E-state index in [9.17, 15) is 4.79 Å². The van der Waals surface area contributed by atoms with Gasteiger partial charge in [0.15, 0.2) is 0 Å². The van der Waals surface area contributed by atoms with Gasteiger partial charge in [0.25, 0.3) is 0 Å². The fraction of sp³-hybridized carbons (Fsp3) is 0.300. The van der Waals surface area contributed by atoms with Crippen molar-refractivity contribution in [2.24, 2.45) is 0 Å². The molecule has 3 heteroatoms. The van der Waals surface area contributed by atoms with E-state index in [2.05, 4.69) is 5.32 Å². The summed E-state index contributed by atoms with van der Waals surface area (Å²) in [6.07, 6.45) is 8.11. The van der Waals surface area contributed by atoms with Gasteiger partial charge in [0.2, 0.25) is 5.91 Å². The number of carbonyl (C=O) groups excluding carboxylic acids is 1. The molecule has 0 atom stereocenters. The van der Waals surface area contributed by atoms with Gasteiger partial charge in [-0.15, -0.1) is 0 Å². The molecule has 0 saturated heterocycles. The third-order valence-corrected chi connectivity index (χ3v) is 1.54. The van der Waals surface area contributed by atoms with E-state index in [1.807, 2.05) is 18.2 Å². The molecule has 0 radical (unpaired) electrons. The average Bonchev–Trinajstić information content (AvgIpc) is 2.55. The van der Waals surface area contributed by atoms with Crippen LogP contribution in [0.25, 0.3) is 6.08 Å². The van der Waals surface area contributed by atoms with Crippen molar-refractivity contribution >= 4 is 12.0 Å². The highest BCUT2D eigenvalue weighted by atomic mass is 16.3. The van der Waals surface area contributed by atoms with E-state index in [0.29, 0.717) is 6.54 Å². The topological polar surface area (TPSA) is 42.2 Å². The van der Waals surface area contributed by atoms with E-state index in [-0.39, 0.29) is 5.91 Å². The Kier molecular flexibility index (Phi) is 3.82. The zero-order chi connectivity index (χ0) is 9.52. The quantitative estimate of drug-likeness (QED) is 0.716. The molecule has 1 N–H and O–H groups in total. The van der Waals surface area contributed by atoms with Crippen molar-refractivity contribution in [3.63, 3.8) is 0 Å². The van der Waals surface area contributed by atoms with Crippen LogP contribution in [0, 0.1) is 0 Å². The smallest absolute Gasteiger partial charge is 0.216 e. The van der Waals surface area contributed by atoms with Crippen molar-refractivity contribution in [2.75, 3.05) is 6.54 Å². The van der Waals surface area contributed by atoms with Crippen LogP contribution in [0.5, 0.6) is 0 Å². The van der Waals surface area contributed by atoms with Crippen LogP contribution < -0.4 is 5.32 Å². The molecular formula is C10H13NO2. The summed E-state index contributed by atoms with van der Waals surface area (Å²) in [6, 6.07) is 1.88. The molecule has 0 aliphatic carbocycles. The summed E-state index contributed by atoms with van der Waals surface area (Å²) < 4.78 is 4.89. The summed E-state index contributed by atoms with van der Waals surface area (Å²) in [6.45, 7) is 2.20. The fourth-order valence-electron chi connectivity index (χ4n) is 0.921. The summed E-state index contributed by atoms with van der Waals surface area (Å²) in [5.74, 6) is 0.0108. The third kappa shape index (κ3) is 4.15. The molecule has 0 aliphatic heterocycles. The molecule has 1 rings (SSSR count). The first-order valence-corrected chi connectivity index (χ1v) is 4.22. The van der Waals surface area contributed by atoms with Gasteiger partial charge in [0, 0.05) is 19.0 Å². The van der Waals surface area contributed by atoms with Crippen molar-refractivity contribution in [3.05, 3.63) is 30.2 Å². The lowest BCUT2D eigenvalue weighted by Gasteiger charge is -1.95. The number of carbonyl (C=O) groups is 1. The van der Waals surface area contributed by atoms with Gasteiger partial charge in [-0.1, -0.05) is 12.2 Å². The zero-order valence-corrected chi connectivity index (χ0v) is 7.62. The summed E-state index contributed by atoms with van der Waals surface area (Å²) in [5.41, 5.74) is 1.04. The molecule has 1 aromatic heterocycles. The van der Waals surface area contributed by atoms with E-state index in [4.69, 9.17) is 4.42 Å². The van der Waals surface area contributed by atoms with Gasteiger partial charge < -0.3 is 9.73 Å². The third-order valence-electron chi connectivity index (χ3n) is 1.54. The number of hydrogen-bond donors (Lipinski definition) is 1. The Balaban J connectivity index is 2.16. The summed E-state index contributed by atoms with van der Waals surface area (Å²) in [5, 5.41) is 2.71. The maximum atomic E-state index is 10.5. The van der Waals surface area contributed by atoms with E-state index in [0.717, 1.165) is 12.0 Å². The van der Waals surface area contributed by atoms with Crippen molar-refractivity contribution in [1.82, 2.24) is 5.32 Å². The van der Waals surface area contributed by atoms with Crippen molar-refractivity contribution in [2.45, 2.75) is 13.3 Å².